The largest absolute Gasteiger partial charge is 0.507 e. The molecule has 0 saturated heterocycles. The Morgan fingerprint density at radius 1 is 1.33 bits per heavy atom. The summed E-state index contributed by atoms with van der Waals surface area (Å²) in [6.45, 7) is 2.77. The molecule has 0 aliphatic heterocycles. The van der Waals surface area contributed by atoms with Crippen molar-refractivity contribution in [3.63, 3.8) is 0 Å². The third kappa shape index (κ3) is 3.07. The fourth-order valence-corrected chi connectivity index (χ4v) is 1.81. The topological polar surface area (TPSA) is 98.0 Å². The zero-order valence-corrected chi connectivity index (χ0v) is 10.4. The van der Waals surface area contributed by atoms with Gasteiger partial charge in [0.15, 0.2) is 5.78 Å². The predicted octanol–water partition coefficient (Wildman–Crippen LogP) is 0.680. The highest BCUT2D eigenvalue weighted by Gasteiger charge is 2.21. The summed E-state index contributed by atoms with van der Waals surface area (Å²) in [5.41, 5.74) is 1.13. The van der Waals surface area contributed by atoms with E-state index in [0.717, 1.165) is 0 Å². The molecule has 1 aromatic carbocycles. The van der Waals surface area contributed by atoms with Crippen molar-refractivity contribution in [2.45, 2.75) is 32.5 Å². The molecule has 0 fully saturated rings. The van der Waals surface area contributed by atoms with Crippen LogP contribution < -0.4 is 0 Å². The maximum atomic E-state index is 11.2. The van der Waals surface area contributed by atoms with Crippen LogP contribution in [0.4, 0.5) is 0 Å². The SMILES string of the molecule is CC(=O)c1cc(C)c(C(O)C(O)CCO)cc1O. The van der Waals surface area contributed by atoms with Gasteiger partial charge in [0.25, 0.3) is 0 Å². The molecule has 0 bridgehead atoms. The second-order valence-corrected chi connectivity index (χ2v) is 4.31. The van der Waals surface area contributed by atoms with Crippen LogP contribution in [-0.2, 0) is 0 Å². The molecule has 0 saturated carbocycles. The van der Waals surface area contributed by atoms with E-state index in [2.05, 4.69) is 0 Å². The lowest BCUT2D eigenvalue weighted by Gasteiger charge is -2.20. The van der Waals surface area contributed by atoms with Gasteiger partial charge >= 0.3 is 0 Å². The third-order valence-electron chi connectivity index (χ3n) is 2.87. The van der Waals surface area contributed by atoms with Gasteiger partial charge in [0, 0.05) is 6.61 Å². The normalized spacial score (nSPS) is 14.3. The van der Waals surface area contributed by atoms with Crippen molar-refractivity contribution in [3.8, 4) is 5.75 Å². The molecule has 0 aliphatic rings. The highest BCUT2D eigenvalue weighted by Crippen LogP contribution is 2.29. The second-order valence-electron chi connectivity index (χ2n) is 4.31. The lowest BCUT2D eigenvalue weighted by atomic mass is 9.94. The molecule has 0 aromatic heterocycles. The van der Waals surface area contributed by atoms with E-state index < -0.39 is 12.2 Å². The van der Waals surface area contributed by atoms with Gasteiger partial charge in [0.1, 0.15) is 11.9 Å². The number of carbonyl (C=O) groups is 1. The van der Waals surface area contributed by atoms with Gasteiger partial charge in [-0.3, -0.25) is 4.79 Å². The third-order valence-corrected chi connectivity index (χ3v) is 2.87. The first-order valence-corrected chi connectivity index (χ1v) is 5.70. The molecule has 5 heteroatoms. The molecule has 0 aliphatic carbocycles. The Morgan fingerprint density at radius 2 is 1.94 bits per heavy atom. The minimum Gasteiger partial charge on any atom is -0.507 e. The molecule has 0 spiro atoms. The molecule has 1 rings (SSSR count). The highest BCUT2D eigenvalue weighted by molar-refractivity contribution is 5.97. The Balaban J connectivity index is 3.11. The molecule has 2 unspecified atom stereocenters. The summed E-state index contributed by atoms with van der Waals surface area (Å²) in [6, 6.07) is 2.75. The van der Waals surface area contributed by atoms with E-state index in [1.165, 1.54) is 19.1 Å². The monoisotopic (exact) mass is 254 g/mol. The number of phenolic OH excluding ortho intramolecular Hbond substituents is 1. The molecule has 0 radical (unpaired) electrons. The van der Waals surface area contributed by atoms with Crippen LogP contribution in [0.1, 0.15) is 40.9 Å². The molecular formula is C13H18O5. The minimum atomic E-state index is -1.20. The Hall–Kier alpha value is -1.43. The Bertz CT molecular complexity index is 441. The number of ketones is 1. The number of rotatable bonds is 5. The van der Waals surface area contributed by atoms with Gasteiger partial charge < -0.3 is 20.4 Å². The van der Waals surface area contributed by atoms with E-state index in [9.17, 15) is 20.1 Å². The Morgan fingerprint density at radius 3 is 2.44 bits per heavy atom. The Labute approximate surface area is 105 Å². The van der Waals surface area contributed by atoms with Gasteiger partial charge in [-0.1, -0.05) is 0 Å². The summed E-state index contributed by atoms with van der Waals surface area (Å²) in [4.78, 5) is 11.2. The number of benzene rings is 1. The van der Waals surface area contributed by atoms with Gasteiger partial charge in [-0.2, -0.15) is 0 Å². The number of aryl methyl sites for hydroxylation is 1. The lowest BCUT2D eigenvalue weighted by molar-refractivity contribution is 0.00379. The summed E-state index contributed by atoms with van der Waals surface area (Å²) in [6.07, 6.45) is -2.28. The summed E-state index contributed by atoms with van der Waals surface area (Å²) in [5, 5.41) is 37.9. The number of aromatic hydroxyl groups is 1. The van der Waals surface area contributed by atoms with Crippen LogP contribution in [0.2, 0.25) is 0 Å². The number of phenols is 1. The number of hydrogen-bond donors (Lipinski definition) is 4. The number of Topliss-reactive ketones (excluding diaryl/α,β-unsaturated/α-hetero) is 1. The zero-order chi connectivity index (χ0) is 13.9. The first-order chi connectivity index (χ1) is 8.38. The predicted molar refractivity (Wildman–Crippen MR) is 65.5 cm³/mol. The van der Waals surface area contributed by atoms with Gasteiger partial charge in [0.2, 0.25) is 0 Å². The summed E-state index contributed by atoms with van der Waals surface area (Å²) in [5.74, 6) is -0.495. The second kappa shape index (κ2) is 5.95. The van der Waals surface area contributed by atoms with Gasteiger partial charge in [0.05, 0.1) is 11.7 Å². The number of carbonyl (C=O) groups excluding carboxylic acids is 1. The van der Waals surface area contributed by atoms with Crippen LogP contribution in [-0.4, -0.2) is 38.9 Å². The average Bonchev–Trinajstić information content (AvgIpc) is 2.30. The summed E-state index contributed by atoms with van der Waals surface area (Å²) in [7, 11) is 0. The van der Waals surface area contributed by atoms with Crippen molar-refractivity contribution in [2.75, 3.05) is 6.61 Å². The van der Waals surface area contributed by atoms with Crippen molar-refractivity contribution in [2.24, 2.45) is 0 Å². The summed E-state index contributed by atoms with van der Waals surface area (Å²) < 4.78 is 0. The first-order valence-electron chi connectivity index (χ1n) is 5.70. The fourth-order valence-electron chi connectivity index (χ4n) is 1.81. The van der Waals surface area contributed by atoms with Crippen LogP contribution in [0.3, 0.4) is 0 Å². The standard InChI is InChI=1S/C13H18O5/c1-7-5-10(8(2)15)12(17)6-9(7)13(18)11(16)3-4-14/h5-6,11,13-14,16-18H,3-4H2,1-2H3. The van der Waals surface area contributed by atoms with Crippen LogP contribution in [0.15, 0.2) is 12.1 Å². The lowest BCUT2D eigenvalue weighted by Crippen LogP contribution is -2.20. The van der Waals surface area contributed by atoms with Crippen molar-refractivity contribution in [3.05, 3.63) is 28.8 Å². The number of hydrogen-bond acceptors (Lipinski definition) is 5. The molecule has 100 valence electrons. The Kier molecular flexibility index (Phi) is 4.84. The van der Waals surface area contributed by atoms with Crippen LogP contribution in [0.5, 0.6) is 5.75 Å². The van der Waals surface area contributed by atoms with E-state index in [-0.39, 0.29) is 30.1 Å². The maximum absolute atomic E-state index is 11.2. The van der Waals surface area contributed by atoms with Crippen molar-refractivity contribution in [1.29, 1.82) is 0 Å². The molecule has 0 heterocycles. The van der Waals surface area contributed by atoms with Crippen LogP contribution >= 0.6 is 0 Å². The quantitative estimate of drug-likeness (QED) is 0.579. The number of aliphatic hydroxyl groups is 3. The van der Waals surface area contributed by atoms with E-state index in [1.54, 1.807) is 6.92 Å². The van der Waals surface area contributed by atoms with Gasteiger partial charge in [-0.05, 0) is 43.5 Å². The van der Waals surface area contributed by atoms with E-state index in [4.69, 9.17) is 5.11 Å². The highest BCUT2D eigenvalue weighted by atomic mass is 16.3. The molecule has 1 aromatic rings. The average molecular weight is 254 g/mol. The molecule has 4 N–H and O–H groups in total. The van der Waals surface area contributed by atoms with Crippen molar-refractivity contribution < 1.29 is 25.2 Å². The maximum Gasteiger partial charge on any atom is 0.163 e. The van der Waals surface area contributed by atoms with E-state index >= 15 is 0 Å². The molecule has 0 amide bonds. The molecule has 18 heavy (non-hydrogen) atoms. The molecule has 2 atom stereocenters. The van der Waals surface area contributed by atoms with E-state index in [1.807, 2.05) is 0 Å². The van der Waals surface area contributed by atoms with Crippen molar-refractivity contribution >= 4 is 5.78 Å². The van der Waals surface area contributed by atoms with Crippen molar-refractivity contribution in [1.82, 2.24) is 0 Å². The number of aliphatic hydroxyl groups excluding tert-OH is 3. The van der Waals surface area contributed by atoms with Crippen LogP contribution in [0, 0.1) is 6.92 Å². The smallest absolute Gasteiger partial charge is 0.163 e. The minimum absolute atomic E-state index is 0.0375. The van der Waals surface area contributed by atoms with Crippen LogP contribution in [0.25, 0.3) is 0 Å². The van der Waals surface area contributed by atoms with E-state index in [0.29, 0.717) is 11.1 Å². The van der Waals surface area contributed by atoms with Gasteiger partial charge in [-0.25, -0.2) is 0 Å². The molecule has 5 nitrogen and oxygen atoms in total. The zero-order valence-electron chi connectivity index (χ0n) is 10.4. The first kappa shape index (κ1) is 14.6. The van der Waals surface area contributed by atoms with Gasteiger partial charge in [-0.15, -0.1) is 0 Å². The summed E-state index contributed by atoms with van der Waals surface area (Å²) >= 11 is 0. The fraction of sp³-hybridized carbons (Fsp3) is 0.462. The molecular weight excluding hydrogens is 236 g/mol.